The molecule has 0 aromatic heterocycles. The highest BCUT2D eigenvalue weighted by atomic mass is 32.2. The van der Waals surface area contributed by atoms with Crippen molar-refractivity contribution in [2.24, 2.45) is 5.41 Å². The average Bonchev–Trinajstić information content (AvgIpc) is 2.81. The second kappa shape index (κ2) is 14.6. The predicted octanol–water partition coefficient (Wildman–Crippen LogP) is 9.87. The van der Waals surface area contributed by atoms with Gasteiger partial charge in [0, 0.05) is 0 Å². The number of hydrogen-bond donors (Lipinski definition) is 2. The molecule has 2 N–H and O–H groups in total. The van der Waals surface area contributed by atoms with Gasteiger partial charge < -0.3 is 10.2 Å². The molecule has 3 heteroatoms. The third-order valence-corrected chi connectivity index (χ3v) is 9.81. The highest BCUT2D eigenvalue weighted by Gasteiger charge is 2.42. The second-order valence-corrected chi connectivity index (χ2v) is 14.5. The monoisotopic (exact) mass is 530 g/mol. The molecule has 0 radical (unpaired) electrons. The van der Waals surface area contributed by atoms with Crippen molar-refractivity contribution in [1.82, 2.24) is 0 Å². The van der Waals surface area contributed by atoms with E-state index in [4.69, 9.17) is 0 Å². The quantitative estimate of drug-likeness (QED) is 0.195. The van der Waals surface area contributed by atoms with E-state index >= 15 is 0 Å². The molecule has 0 heterocycles. The standard InChI is InChI=1S/C34H58O2S/c1-8-10-11-12-13-14-15-16-17-18-26-37-34(22-9-2,28-19-23-32(6,35)24-20-28)29-21-25-33(7,36)30(27-29)31(3,4)5/h19-21,23,27,35-36H,8-18,22,24-26H2,1-7H3. The largest absolute Gasteiger partial charge is 0.386 e. The van der Waals surface area contributed by atoms with Crippen LogP contribution in [0.5, 0.6) is 0 Å². The number of allylic oxidation sites excluding steroid dienone is 2. The van der Waals surface area contributed by atoms with Gasteiger partial charge in [0.05, 0.1) is 15.9 Å². The molecule has 2 aliphatic carbocycles. The lowest BCUT2D eigenvalue weighted by molar-refractivity contribution is 0.0792. The Balaban J connectivity index is 2.16. The molecule has 0 aliphatic heterocycles. The molecule has 0 saturated heterocycles. The lowest BCUT2D eigenvalue weighted by atomic mass is 9.69. The molecule has 212 valence electrons. The zero-order chi connectivity index (χ0) is 27.6. The summed E-state index contributed by atoms with van der Waals surface area (Å²) in [6.07, 6.45) is 28.2. The van der Waals surface area contributed by atoms with E-state index in [1.54, 1.807) is 0 Å². The van der Waals surface area contributed by atoms with Gasteiger partial charge in [-0.1, -0.05) is 129 Å². The molecule has 37 heavy (non-hydrogen) atoms. The maximum absolute atomic E-state index is 11.3. The van der Waals surface area contributed by atoms with E-state index in [2.05, 4.69) is 70.7 Å². The number of unbranched alkanes of at least 4 members (excludes halogenated alkanes) is 9. The molecular formula is C34H58O2S. The van der Waals surface area contributed by atoms with Gasteiger partial charge in [0.15, 0.2) is 0 Å². The van der Waals surface area contributed by atoms with E-state index in [9.17, 15) is 10.2 Å². The first kappa shape index (κ1) is 32.4. The van der Waals surface area contributed by atoms with Crippen molar-refractivity contribution >= 4 is 11.8 Å². The van der Waals surface area contributed by atoms with Crippen LogP contribution in [0.2, 0.25) is 0 Å². The molecule has 0 bridgehead atoms. The summed E-state index contributed by atoms with van der Waals surface area (Å²) in [7, 11) is 0. The fourth-order valence-electron chi connectivity index (χ4n) is 6.00. The molecule has 2 aliphatic rings. The summed E-state index contributed by atoms with van der Waals surface area (Å²) in [4.78, 5) is 0. The van der Waals surface area contributed by atoms with Gasteiger partial charge in [-0.25, -0.2) is 0 Å². The first-order chi connectivity index (χ1) is 17.4. The SMILES string of the molecule is CCCCCCCCCCCCSC(CCC)(C1=CCC(C)(O)C=C1)C1=CCC(C)(O)C(C(C)(C)C)=C1. The lowest BCUT2D eigenvalue weighted by Crippen LogP contribution is -2.39. The highest BCUT2D eigenvalue weighted by Crippen LogP contribution is 2.51. The average molecular weight is 531 g/mol. The van der Waals surface area contributed by atoms with Crippen molar-refractivity contribution in [3.63, 3.8) is 0 Å². The number of aliphatic hydroxyl groups is 2. The van der Waals surface area contributed by atoms with Crippen molar-refractivity contribution in [2.45, 2.75) is 154 Å². The Hall–Kier alpha value is -0.770. The maximum Gasteiger partial charge on any atom is 0.0871 e. The van der Waals surface area contributed by atoms with E-state index < -0.39 is 11.2 Å². The van der Waals surface area contributed by atoms with E-state index in [0.717, 1.165) is 24.2 Å². The van der Waals surface area contributed by atoms with Gasteiger partial charge in [-0.15, -0.1) is 11.8 Å². The Morgan fingerprint density at radius 1 is 0.784 bits per heavy atom. The van der Waals surface area contributed by atoms with Gasteiger partial charge in [0.1, 0.15) is 0 Å². The van der Waals surface area contributed by atoms with Crippen LogP contribution in [0.4, 0.5) is 0 Å². The summed E-state index contributed by atoms with van der Waals surface area (Å²) in [6.45, 7) is 15.1. The second-order valence-electron chi connectivity index (χ2n) is 13.1. The Bertz CT molecular complexity index is 821. The van der Waals surface area contributed by atoms with E-state index in [0.29, 0.717) is 12.8 Å². The summed E-state index contributed by atoms with van der Waals surface area (Å²) in [5.74, 6) is 1.14. The van der Waals surface area contributed by atoms with Crippen LogP contribution in [-0.4, -0.2) is 31.9 Å². The molecule has 3 unspecified atom stereocenters. The molecule has 0 aromatic carbocycles. The zero-order valence-corrected chi connectivity index (χ0v) is 26.1. The van der Waals surface area contributed by atoms with Crippen LogP contribution in [0.15, 0.2) is 47.1 Å². The number of hydrogen-bond acceptors (Lipinski definition) is 3. The fourth-order valence-corrected chi connectivity index (χ4v) is 7.67. The molecular weight excluding hydrogens is 472 g/mol. The van der Waals surface area contributed by atoms with Crippen LogP contribution in [-0.2, 0) is 0 Å². The third kappa shape index (κ3) is 9.73. The minimum atomic E-state index is -0.804. The molecule has 2 nitrogen and oxygen atoms in total. The van der Waals surface area contributed by atoms with E-state index in [1.807, 2.05) is 19.9 Å². The molecule has 0 saturated carbocycles. The predicted molar refractivity (Wildman–Crippen MR) is 165 cm³/mol. The van der Waals surface area contributed by atoms with Crippen molar-refractivity contribution in [1.29, 1.82) is 0 Å². The van der Waals surface area contributed by atoms with Crippen LogP contribution in [0.25, 0.3) is 0 Å². The Morgan fingerprint density at radius 3 is 1.86 bits per heavy atom. The van der Waals surface area contributed by atoms with Crippen LogP contribution in [0.3, 0.4) is 0 Å². The van der Waals surface area contributed by atoms with Crippen LogP contribution in [0, 0.1) is 5.41 Å². The Labute approximate surface area is 234 Å². The summed E-state index contributed by atoms with van der Waals surface area (Å²) in [6, 6.07) is 0. The Kier molecular flexibility index (Phi) is 12.8. The van der Waals surface area contributed by atoms with Gasteiger partial charge in [-0.05, 0) is 67.4 Å². The lowest BCUT2D eigenvalue weighted by Gasteiger charge is -2.44. The van der Waals surface area contributed by atoms with Crippen molar-refractivity contribution < 1.29 is 10.2 Å². The first-order valence-electron chi connectivity index (χ1n) is 15.3. The van der Waals surface area contributed by atoms with Crippen LogP contribution >= 0.6 is 11.8 Å². The molecule has 0 fully saturated rings. The van der Waals surface area contributed by atoms with Crippen LogP contribution < -0.4 is 0 Å². The van der Waals surface area contributed by atoms with Crippen LogP contribution in [0.1, 0.15) is 138 Å². The van der Waals surface area contributed by atoms with Gasteiger partial charge in [-0.2, -0.15) is 0 Å². The summed E-state index contributed by atoms with van der Waals surface area (Å²) in [5, 5.41) is 21.9. The fraction of sp³-hybridized carbons (Fsp3) is 0.765. The molecule has 0 amide bonds. The number of rotatable bonds is 16. The summed E-state index contributed by atoms with van der Waals surface area (Å²) in [5.41, 5.74) is 2.14. The topological polar surface area (TPSA) is 40.5 Å². The normalized spacial score (nSPS) is 25.9. The number of thioether (sulfide) groups is 1. The minimum Gasteiger partial charge on any atom is -0.386 e. The van der Waals surface area contributed by atoms with E-state index in [-0.39, 0.29) is 10.2 Å². The van der Waals surface area contributed by atoms with Gasteiger partial charge in [-0.3, -0.25) is 0 Å². The zero-order valence-electron chi connectivity index (χ0n) is 25.3. The highest BCUT2D eigenvalue weighted by molar-refractivity contribution is 8.01. The minimum absolute atomic E-state index is 0.0946. The summed E-state index contributed by atoms with van der Waals surface area (Å²) >= 11 is 2.10. The van der Waals surface area contributed by atoms with Gasteiger partial charge >= 0.3 is 0 Å². The third-order valence-electron chi connectivity index (χ3n) is 8.15. The maximum atomic E-state index is 11.3. The molecule has 2 rings (SSSR count). The van der Waals surface area contributed by atoms with Gasteiger partial charge in [0.2, 0.25) is 0 Å². The van der Waals surface area contributed by atoms with Gasteiger partial charge in [0.25, 0.3) is 0 Å². The van der Waals surface area contributed by atoms with Crippen molar-refractivity contribution in [2.75, 3.05) is 5.75 Å². The first-order valence-corrected chi connectivity index (χ1v) is 16.3. The molecule has 3 atom stereocenters. The van der Waals surface area contributed by atoms with Crippen molar-refractivity contribution in [3.05, 3.63) is 47.1 Å². The summed E-state index contributed by atoms with van der Waals surface area (Å²) < 4.78 is -0.131. The molecule has 0 aromatic rings. The smallest absolute Gasteiger partial charge is 0.0871 e. The molecule has 0 spiro atoms. The van der Waals surface area contributed by atoms with Crippen molar-refractivity contribution in [3.8, 4) is 0 Å². The van der Waals surface area contributed by atoms with E-state index in [1.165, 1.54) is 75.4 Å². The Morgan fingerprint density at radius 2 is 1.35 bits per heavy atom.